The average Bonchev–Trinajstić information content (AvgIpc) is 2.12. The molecule has 0 aromatic carbocycles. The van der Waals surface area contributed by atoms with Gasteiger partial charge >= 0.3 is 0 Å². The zero-order valence-electron chi connectivity index (χ0n) is 7.76. The van der Waals surface area contributed by atoms with Crippen LogP contribution in [0.25, 0.3) is 0 Å². The lowest BCUT2D eigenvalue weighted by Crippen LogP contribution is -2.42. The minimum Gasteiger partial charge on any atom is -0.494 e. The van der Waals surface area contributed by atoms with Crippen LogP contribution < -0.4 is 0 Å². The Bertz CT molecular complexity index is 274. The van der Waals surface area contributed by atoms with Crippen LogP contribution in [-0.2, 0) is 9.53 Å². The van der Waals surface area contributed by atoms with Crippen LogP contribution in [0.15, 0.2) is 12.3 Å². The Hall–Kier alpha value is -0.930. The van der Waals surface area contributed by atoms with Crippen molar-refractivity contribution in [2.75, 3.05) is 0 Å². The molecule has 78 valence electrons. The third-order valence-corrected chi connectivity index (χ3v) is 2.96. The number of allylic oxidation sites excluding steroid dienone is 1. The molecule has 1 heterocycles. The summed E-state index contributed by atoms with van der Waals surface area (Å²) in [4.78, 5) is 11.1. The number of carbonyl (C=O) groups is 1. The van der Waals surface area contributed by atoms with E-state index in [4.69, 9.17) is 4.74 Å². The molecule has 0 unspecified atom stereocenters. The van der Waals surface area contributed by atoms with E-state index in [0.717, 1.165) is 0 Å². The van der Waals surface area contributed by atoms with Crippen LogP contribution in [0.5, 0.6) is 0 Å². The summed E-state index contributed by atoms with van der Waals surface area (Å²) in [5.41, 5.74) is -0.631. The number of carbonyl (C=O) groups excluding carboxylic acids is 1. The van der Waals surface area contributed by atoms with Gasteiger partial charge in [-0.2, -0.15) is 0 Å². The van der Waals surface area contributed by atoms with Crippen molar-refractivity contribution in [1.29, 1.82) is 0 Å². The van der Waals surface area contributed by atoms with Crippen LogP contribution >= 0.6 is 0 Å². The molecule has 1 saturated carbocycles. The van der Waals surface area contributed by atoms with Crippen LogP contribution in [0.1, 0.15) is 32.1 Å². The third kappa shape index (κ3) is 1.79. The first-order valence-corrected chi connectivity index (χ1v) is 4.77. The normalized spacial score (nSPS) is 28.9. The highest BCUT2D eigenvalue weighted by Crippen LogP contribution is 2.43. The molecule has 14 heavy (non-hydrogen) atoms. The summed E-state index contributed by atoms with van der Waals surface area (Å²) in [6, 6.07) is 0. The maximum atomic E-state index is 12.9. The second-order valence-corrected chi connectivity index (χ2v) is 4.10. The molecule has 1 spiro atoms. The lowest BCUT2D eigenvalue weighted by Gasteiger charge is -2.40. The van der Waals surface area contributed by atoms with Crippen LogP contribution in [0.2, 0.25) is 0 Å². The van der Waals surface area contributed by atoms with Crippen molar-refractivity contribution in [2.24, 2.45) is 0 Å². The number of hydrogen-bond acceptors (Lipinski definition) is 2. The van der Waals surface area contributed by atoms with Crippen molar-refractivity contribution in [3.05, 3.63) is 12.3 Å². The molecule has 2 rings (SSSR count). The molecule has 1 aliphatic carbocycles. The predicted molar refractivity (Wildman–Crippen MR) is 46.0 cm³/mol. The summed E-state index contributed by atoms with van der Waals surface area (Å²) >= 11 is 0. The topological polar surface area (TPSA) is 26.3 Å². The van der Waals surface area contributed by atoms with E-state index in [1.54, 1.807) is 0 Å². The van der Waals surface area contributed by atoms with Gasteiger partial charge in [0.05, 0.1) is 12.7 Å². The number of halogens is 2. The van der Waals surface area contributed by atoms with E-state index in [2.05, 4.69) is 0 Å². The first-order chi connectivity index (χ1) is 6.52. The standard InChI is InChI=1S/C10H12F2O2/c11-10(12)4-2-9(3-5-10)7-8(13)1-6-14-9/h1,6H,2-5,7H2. The molecule has 0 bridgehead atoms. The van der Waals surface area contributed by atoms with Crippen molar-refractivity contribution in [3.8, 4) is 0 Å². The number of alkyl halides is 2. The SMILES string of the molecule is O=C1C=COC2(CCC(F)(F)CC2)C1. The highest BCUT2D eigenvalue weighted by atomic mass is 19.3. The van der Waals surface area contributed by atoms with Crippen LogP contribution in [-0.4, -0.2) is 17.3 Å². The first kappa shape index (κ1) is 9.62. The smallest absolute Gasteiger partial charge is 0.248 e. The number of hydrogen-bond donors (Lipinski definition) is 0. The van der Waals surface area contributed by atoms with Crippen LogP contribution in [0.3, 0.4) is 0 Å². The van der Waals surface area contributed by atoms with E-state index in [1.807, 2.05) is 0 Å². The van der Waals surface area contributed by atoms with E-state index in [-0.39, 0.29) is 37.9 Å². The average molecular weight is 202 g/mol. The molecule has 0 N–H and O–H groups in total. The van der Waals surface area contributed by atoms with Gasteiger partial charge in [-0.05, 0) is 12.8 Å². The quantitative estimate of drug-likeness (QED) is 0.603. The molecular weight excluding hydrogens is 190 g/mol. The fourth-order valence-electron chi connectivity index (χ4n) is 2.04. The molecule has 0 amide bonds. The number of ether oxygens (including phenoxy) is 1. The van der Waals surface area contributed by atoms with E-state index in [9.17, 15) is 13.6 Å². The van der Waals surface area contributed by atoms with Gasteiger partial charge in [0, 0.05) is 18.9 Å². The van der Waals surface area contributed by atoms with Crippen molar-refractivity contribution in [1.82, 2.24) is 0 Å². The summed E-state index contributed by atoms with van der Waals surface area (Å²) in [6.45, 7) is 0. The molecule has 1 aliphatic heterocycles. The molecule has 0 radical (unpaired) electrons. The summed E-state index contributed by atoms with van der Waals surface area (Å²) in [5, 5.41) is 0. The highest BCUT2D eigenvalue weighted by molar-refractivity contribution is 5.90. The molecular formula is C10H12F2O2. The summed E-state index contributed by atoms with van der Waals surface area (Å²) in [7, 11) is 0. The fourth-order valence-corrected chi connectivity index (χ4v) is 2.04. The first-order valence-electron chi connectivity index (χ1n) is 4.77. The van der Waals surface area contributed by atoms with Crippen molar-refractivity contribution < 1.29 is 18.3 Å². The Morgan fingerprint density at radius 3 is 2.43 bits per heavy atom. The molecule has 2 aliphatic rings. The molecule has 4 heteroatoms. The number of rotatable bonds is 0. The Balaban J connectivity index is 2.06. The Kier molecular flexibility index (Phi) is 2.09. The van der Waals surface area contributed by atoms with Gasteiger partial charge in [0.15, 0.2) is 5.78 Å². The van der Waals surface area contributed by atoms with Gasteiger partial charge in [-0.1, -0.05) is 0 Å². The lowest BCUT2D eigenvalue weighted by molar-refractivity contribution is -0.136. The minimum atomic E-state index is -2.57. The van der Waals surface area contributed by atoms with Gasteiger partial charge < -0.3 is 4.74 Å². The molecule has 0 saturated heterocycles. The van der Waals surface area contributed by atoms with Crippen LogP contribution in [0, 0.1) is 0 Å². The Morgan fingerprint density at radius 2 is 1.86 bits per heavy atom. The Morgan fingerprint density at radius 1 is 1.21 bits per heavy atom. The fraction of sp³-hybridized carbons (Fsp3) is 0.700. The van der Waals surface area contributed by atoms with Gasteiger partial charge in [0.25, 0.3) is 0 Å². The molecule has 1 fully saturated rings. The zero-order chi connectivity index (χ0) is 10.2. The third-order valence-electron chi connectivity index (χ3n) is 2.96. The largest absolute Gasteiger partial charge is 0.494 e. The lowest BCUT2D eigenvalue weighted by atomic mass is 9.79. The van der Waals surface area contributed by atoms with Gasteiger partial charge in [-0.3, -0.25) is 4.79 Å². The van der Waals surface area contributed by atoms with Crippen molar-refractivity contribution in [3.63, 3.8) is 0 Å². The number of ketones is 1. The predicted octanol–water partition coefficient (Wildman–Crippen LogP) is 2.44. The maximum absolute atomic E-state index is 12.9. The molecule has 0 aromatic heterocycles. The zero-order valence-corrected chi connectivity index (χ0v) is 7.76. The highest BCUT2D eigenvalue weighted by Gasteiger charge is 2.46. The monoisotopic (exact) mass is 202 g/mol. The summed E-state index contributed by atoms with van der Waals surface area (Å²) < 4.78 is 31.1. The van der Waals surface area contributed by atoms with E-state index < -0.39 is 11.5 Å². The van der Waals surface area contributed by atoms with E-state index >= 15 is 0 Å². The van der Waals surface area contributed by atoms with Gasteiger partial charge in [-0.15, -0.1) is 0 Å². The van der Waals surface area contributed by atoms with Crippen molar-refractivity contribution >= 4 is 5.78 Å². The minimum absolute atomic E-state index is 0.0264. The second-order valence-electron chi connectivity index (χ2n) is 4.10. The molecule has 0 atom stereocenters. The molecule has 2 nitrogen and oxygen atoms in total. The van der Waals surface area contributed by atoms with Gasteiger partial charge in [0.2, 0.25) is 5.92 Å². The van der Waals surface area contributed by atoms with E-state index in [1.165, 1.54) is 12.3 Å². The molecule has 0 aromatic rings. The van der Waals surface area contributed by atoms with Crippen LogP contribution in [0.4, 0.5) is 8.78 Å². The van der Waals surface area contributed by atoms with E-state index in [0.29, 0.717) is 0 Å². The Labute approximate surface area is 80.9 Å². The summed E-state index contributed by atoms with van der Waals surface area (Å²) in [6.07, 6.45) is 3.15. The maximum Gasteiger partial charge on any atom is 0.248 e. The summed E-state index contributed by atoms with van der Waals surface area (Å²) in [5.74, 6) is -2.60. The van der Waals surface area contributed by atoms with Gasteiger partial charge in [0.1, 0.15) is 5.60 Å². The van der Waals surface area contributed by atoms with Crippen molar-refractivity contribution in [2.45, 2.75) is 43.6 Å². The van der Waals surface area contributed by atoms with Gasteiger partial charge in [-0.25, -0.2) is 8.78 Å². The second kappa shape index (κ2) is 3.04.